The fourth-order valence-corrected chi connectivity index (χ4v) is 3.10. The standard InChI is InChI=1S/C14H24F2O/c1-11-7-9-12(10-8-11)14(15,16)17-13-5-3-2-4-6-13/h11-13H,2-10H2,1H3. The summed E-state index contributed by atoms with van der Waals surface area (Å²) in [5.74, 6) is 0.0670. The van der Waals surface area contributed by atoms with Crippen molar-refractivity contribution < 1.29 is 13.5 Å². The van der Waals surface area contributed by atoms with Crippen LogP contribution in [0.5, 0.6) is 0 Å². The van der Waals surface area contributed by atoms with Gasteiger partial charge in [-0.3, -0.25) is 0 Å². The SMILES string of the molecule is CC1CCC(C(F)(F)OC2CCCCC2)CC1. The van der Waals surface area contributed by atoms with Gasteiger partial charge in [0.2, 0.25) is 0 Å². The fourth-order valence-electron chi connectivity index (χ4n) is 3.10. The van der Waals surface area contributed by atoms with Crippen LogP contribution < -0.4 is 0 Å². The highest BCUT2D eigenvalue weighted by Gasteiger charge is 2.43. The van der Waals surface area contributed by atoms with Gasteiger partial charge in [-0.05, 0) is 31.6 Å². The third kappa shape index (κ3) is 3.64. The highest BCUT2D eigenvalue weighted by Crippen LogP contribution is 2.41. The van der Waals surface area contributed by atoms with Gasteiger partial charge >= 0.3 is 6.11 Å². The van der Waals surface area contributed by atoms with Crippen molar-refractivity contribution in [1.82, 2.24) is 0 Å². The predicted octanol–water partition coefficient (Wildman–Crippen LogP) is 4.75. The van der Waals surface area contributed by atoms with Gasteiger partial charge in [-0.15, -0.1) is 0 Å². The smallest absolute Gasteiger partial charge is 0.317 e. The van der Waals surface area contributed by atoms with Crippen LogP contribution in [0.1, 0.15) is 64.7 Å². The minimum absolute atomic E-state index is 0.196. The Morgan fingerprint density at radius 2 is 1.47 bits per heavy atom. The van der Waals surface area contributed by atoms with Gasteiger partial charge < -0.3 is 4.74 Å². The molecule has 0 radical (unpaired) electrons. The summed E-state index contributed by atoms with van der Waals surface area (Å²) in [6, 6.07) is 0. The van der Waals surface area contributed by atoms with E-state index in [9.17, 15) is 8.78 Å². The van der Waals surface area contributed by atoms with Crippen molar-refractivity contribution in [2.24, 2.45) is 11.8 Å². The molecule has 0 aliphatic heterocycles. The van der Waals surface area contributed by atoms with Crippen LogP contribution >= 0.6 is 0 Å². The van der Waals surface area contributed by atoms with E-state index in [1.165, 1.54) is 6.42 Å². The lowest BCUT2D eigenvalue weighted by Gasteiger charge is -2.35. The molecule has 2 aliphatic rings. The Labute approximate surface area is 103 Å². The molecule has 0 heterocycles. The Kier molecular flexibility index (Phi) is 4.40. The highest BCUT2D eigenvalue weighted by atomic mass is 19.3. The van der Waals surface area contributed by atoms with Gasteiger partial charge in [0.15, 0.2) is 0 Å². The van der Waals surface area contributed by atoms with E-state index >= 15 is 0 Å². The number of hydrogen-bond donors (Lipinski definition) is 0. The summed E-state index contributed by atoms with van der Waals surface area (Å²) in [5.41, 5.74) is 0. The van der Waals surface area contributed by atoms with Gasteiger partial charge in [0.1, 0.15) is 0 Å². The Balaban J connectivity index is 1.84. The topological polar surface area (TPSA) is 9.23 Å². The second kappa shape index (κ2) is 5.64. The number of ether oxygens (including phenoxy) is 1. The van der Waals surface area contributed by atoms with E-state index in [-0.39, 0.29) is 6.10 Å². The van der Waals surface area contributed by atoms with E-state index in [0.717, 1.165) is 38.5 Å². The fraction of sp³-hybridized carbons (Fsp3) is 1.00. The first-order chi connectivity index (χ1) is 8.08. The quantitative estimate of drug-likeness (QED) is 0.698. The Bertz CT molecular complexity index is 228. The molecule has 2 aliphatic carbocycles. The van der Waals surface area contributed by atoms with E-state index in [4.69, 9.17) is 4.74 Å². The van der Waals surface area contributed by atoms with Crippen molar-refractivity contribution >= 4 is 0 Å². The van der Waals surface area contributed by atoms with E-state index in [1.54, 1.807) is 0 Å². The van der Waals surface area contributed by atoms with Crippen molar-refractivity contribution in [2.45, 2.75) is 76.9 Å². The number of hydrogen-bond acceptors (Lipinski definition) is 1. The highest BCUT2D eigenvalue weighted by molar-refractivity contribution is 4.78. The monoisotopic (exact) mass is 246 g/mol. The summed E-state index contributed by atoms with van der Waals surface area (Å²) >= 11 is 0. The molecule has 0 N–H and O–H groups in total. The normalized spacial score (nSPS) is 32.6. The molecule has 2 fully saturated rings. The molecule has 0 aromatic rings. The van der Waals surface area contributed by atoms with Gasteiger partial charge in [0, 0.05) is 0 Å². The maximum atomic E-state index is 14.0. The zero-order valence-electron chi connectivity index (χ0n) is 10.8. The summed E-state index contributed by atoms with van der Waals surface area (Å²) in [6.45, 7) is 2.15. The van der Waals surface area contributed by atoms with Gasteiger partial charge in [-0.1, -0.05) is 39.0 Å². The lowest BCUT2D eigenvalue weighted by Crippen LogP contribution is -2.38. The Morgan fingerprint density at radius 3 is 2.06 bits per heavy atom. The molecule has 3 heteroatoms. The Morgan fingerprint density at radius 1 is 0.882 bits per heavy atom. The molecule has 0 spiro atoms. The first-order valence-corrected chi connectivity index (χ1v) is 7.13. The van der Waals surface area contributed by atoms with Crippen molar-refractivity contribution in [1.29, 1.82) is 0 Å². The third-order valence-electron chi connectivity index (χ3n) is 4.37. The molecule has 0 bridgehead atoms. The van der Waals surface area contributed by atoms with Gasteiger partial charge in [0.05, 0.1) is 12.0 Å². The van der Waals surface area contributed by atoms with Crippen molar-refractivity contribution in [3.8, 4) is 0 Å². The zero-order chi connectivity index (χ0) is 12.3. The van der Waals surface area contributed by atoms with E-state index in [1.807, 2.05) is 0 Å². The average molecular weight is 246 g/mol. The minimum Gasteiger partial charge on any atom is -0.317 e. The van der Waals surface area contributed by atoms with Crippen LogP contribution in [-0.4, -0.2) is 12.2 Å². The summed E-state index contributed by atoms with van der Waals surface area (Å²) in [6.07, 6.45) is 4.92. The molecule has 0 aromatic heterocycles. The average Bonchev–Trinajstić information content (AvgIpc) is 2.30. The molecule has 2 rings (SSSR count). The largest absolute Gasteiger partial charge is 0.358 e. The molecular formula is C14H24F2O. The molecular weight excluding hydrogens is 222 g/mol. The van der Waals surface area contributed by atoms with Gasteiger partial charge in [-0.2, -0.15) is 8.78 Å². The van der Waals surface area contributed by atoms with Crippen LogP contribution in [0.2, 0.25) is 0 Å². The number of rotatable bonds is 3. The maximum absolute atomic E-state index is 14.0. The van der Waals surface area contributed by atoms with Crippen molar-refractivity contribution in [3.63, 3.8) is 0 Å². The molecule has 0 saturated heterocycles. The minimum atomic E-state index is -2.89. The lowest BCUT2D eigenvalue weighted by atomic mass is 9.82. The summed E-state index contributed by atoms with van der Waals surface area (Å²) < 4.78 is 33.1. The summed E-state index contributed by atoms with van der Waals surface area (Å²) in [4.78, 5) is 0. The summed E-state index contributed by atoms with van der Waals surface area (Å²) in [5, 5.41) is 0. The predicted molar refractivity (Wildman–Crippen MR) is 64.0 cm³/mol. The molecule has 17 heavy (non-hydrogen) atoms. The second-order valence-corrected chi connectivity index (χ2v) is 5.90. The lowest BCUT2D eigenvalue weighted by molar-refractivity contribution is -0.301. The van der Waals surface area contributed by atoms with Crippen LogP contribution in [0.3, 0.4) is 0 Å². The van der Waals surface area contributed by atoms with E-state index in [0.29, 0.717) is 18.8 Å². The molecule has 0 aromatic carbocycles. The van der Waals surface area contributed by atoms with E-state index < -0.39 is 12.0 Å². The number of alkyl halides is 2. The van der Waals surface area contributed by atoms with Crippen LogP contribution in [0, 0.1) is 11.8 Å². The maximum Gasteiger partial charge on any atom is 0.358 e. The van der Waals surface area contributed by atoms with Crippen LogP contribution in [-0.2, 0) is 4.74 Å². The first-order valence-electron chi connectivity index (χ1n) is 7.13. The number of halogens is 2. The molecule has 2 saturated carbocycles. The van der Waals surface area contributed by atoms with Crippen LogP contribution in [0.15, 0.2) is 0 Å². The second-order valence-electron chi connectivity index (χ2n) is 5.90. The molecule has 0 unspecified atom stereocenters. The third-order valence-corrected chi connectivity index (χ3v) is 4.37. The van der Waals surface area contributed by atoms with Crippen molar-refractivity contribution in [3.05, 3.63) is 0 Å². The van der Waals surface area contributed by atoms with E-state index in [2.05, 4.69) is 6.92 Å². The molecule has 0 amide bonds. The molecule has 100 valence electrons. The molecule has 1 nitrogen and oxygen atoms in total. The van der Waals surface area contributed by atoms with Gasteiger partial charge in [0.25, 0.3) is 0 Å². The van der Waals surface area contributed by atoms with Crippen LogP contribution in [0.4, 0.5) is 8.78 Å². The first kappa shape index (κ1) is 13.3. The van der Waals surface area contributed by atoms with Crippen LogP contribution in [0.25, 0.3) is 0 Å². The molecule has 0 atom stereocenters. The summed E-state index contributed by atoms with van der Waals surface area (Å²) in [7, 11) is 0. The Hall–Kier alpha value is -0.180. The van der Waals surface area contributed by atoms with Gasteiger partial charge in [-0.25, -0.2) is 0 Å². The van der Waals surface area contributed by atoms with Crippen molar-refractivity contribution in [2.75, 3.05) is 0 Å². The zero-order valence-corrected chi connectivity index (χ0v) is 10.8.